The Morgan fingerprint density at radius 3 is 2.40 bits per heavy atom. The molecule has 25 heavy (non-hydrogen) atoms. The number of nitrogens with one attached hydrogen (secondary N) is 1. The van der Waals surface area contributed by atoms with Crippen LogP contribution in [0.2, 0.25) is 0 Å². The monoisotopic (exact) mass is 334 g/mol. The van der Waals surface area contributed by atoms with E-state index in [0.717, 1.165) is 37.9 Å². The van der Waals surface area contributed by atoms with Gasteiger partial charge in [-0.2, -0.15) is 0 Å². The van der Waals surface area contributed by atoms with Crippen LogP contribution in [0.5, 0.6) is 0 Å². The van der Waals surface area contributed by atoms with Gasteiger partial charge in [0.05, 0.1) is 6.04 Å². The number of piperidine rings is 1. The zero-order valence-corrected chi connectivity index (χ0v) is 14.6. The standard InChI is InChI=1S/C22H26N2O/c25-22(18-11-5-2-6-12-18)24-16-8-7-13-20-21(24)19(14-15-23-20)17-9-3-1-4-10-17/h1-6,9-12,19-21,23H,7-8,13-16H2/t19-,20-,21-/m1/s1. The Bertz CT molecular complexity index is 700. The number of hydrogen-bond donors (Lipinski definition) is 1. The van der Waals surface area contributed by atoms with Gasteiger partial charge in [0.2, 0.25) is 0 Å². The Hall–Kier alpha value is -2.13. The Morgan fingerprint density at radius 2 is 1.64 bits per heavy atom. The van der Waals surface area contributed by atoms with Crippen LogP contribution in [0.3, 0.4) is 0 Å². The van der Waals surface area contributed by atoms with Gasteiger partial charge in [0.25, 0.3) is 5.91 Å². The number of fused-ring (bicyclic) bond motifs is 1. The van der Waals surface area contributed by atoms with Crippen molar-refractivity contribution in [2.45, 2.75) is 43.7 Å². The van der Waals surface area contributed by atoms with Crippen molar-refractivity contribution in [3.63, 3.8) is 0 Å². The molecule has 4 rings (SSSR count). The van der Waals surface area contributed by atoms with E-state index in [0.29, 0.717) is 12.0 Å². The normalized spacial score (nSPS) is 26.6. The van der Waals surface area contributed by atoms with Crippen molar-refractivity contribution < 1.29 is 4.79 Å². The number of carbonyl (C=O) groups excluding carboxylic acids is 1. The lowest BCUT2D eigenvalue weighted by molar-refractivity contribution is 0.0575. The lowest BCUT2D eigenvalue weighted by Gasteiger charge is -2.44. The van der Waals surface area contributed by atoms with Crippen LogP contribution in [0, 0.1) is 0 Å². The first-order valence-corrected chi connectivity index (χ1v) is 9.49. The van der Waals surface area contributed by atoms with Gasteiger partial charge in [-0.1, -0.05) is 55.0 Å². The first-order chi connectivity index (χ1) is 12.3. The highest BCUT2D eigenvalue weighted by atomic mass is 16.2. The van der Waals surface area contributed by atoms with Gasteiger partial charge >= 0.3 is 0 Å². The van der Waals surface area contributed by atoms with Crippen LogP contribution in [-0.4, -0.2) is 36.0 Å². The highest BCUT2D eigenvalue weighted by molar-refractivity contribution is 5.94. The molecule has 0 saturated carbocycles. The fourth-order valence-electron chi connectivity index (χ4n) is 4.55. The number of likely N-dealkylation sites (tertiary alicyclic amines) is 1. The Kier molecular flexibility index (Phi) is 4.84. The van der Waals surface area contributed by atoms with Crippen molar-refractivity contribution >= 4 is 5.91 Å². The van der Waals surface area contributed by atoms with Gasteiger partial charge in [0.1, 0.15) is 0 Å². The molecule has 2 aromatic carbocycles. The van der Waals surface area contributed by atoms with Crippen molar-refractivity contribution in [2.75, 3.05) is 13.1 Å². The maximum atomic E-state index is 13.3. The first-order valence-electron chi connectivity index (χ1n) is 9.49. The van der Waals surface area contributed by atoms with Gasteiger partial charge in [-0.15, -0.1) is 0 Å². The molecule has 0 spiro atoms. The molecule has 0 aromatic heterocycles. The molecule has 0 aliphatic carbocycles. The fraction of sp³-hybridized carbons (Fsp3) is 0.409. The second kappa shape index (κ2) is 7.40. The molecule has 1 amide bonds. The summed E-state index contributed by atoms with van der Waals surface area (Å²) in [7, 11) is 0. The molecule has 2 aliphatic heterocycles. The van der Waals surface area contributed by atoms with E-state index in [-0.39, 0.29) is 11.9 Å². The number of benzene rings is 2. The number of amides is 1. The summed E-state index contributed by atoms with van der Waals surface area (Å²) in [5, 5.41) is 3.70. The minimum atomic E-state index is 0.183. The van der Waals surface area contributed by atoms with Gasteiger partial charge in [-0.3, -0.25) is 4.79 Å². The van der Waals surface area contributed by atoms with E-state index in [2.05, 4.69) is 40.5 Å². The molecule has 0 unspecified atom stereocenters. The average Bonchev–Trinajstić information content (AvgIpc) is 2.91. The maximum absolute atomic E-state index is 13.3. The minimum Gasteiger partial charge on any atom is -0.333 e. The minimum absolute atomic E-state index is 0.183. The summed E-state index contributed by atoms with van der Waals surface area (Å²) in [5.74, 6) is 0.598. The van der Waals surface area contributed by atoms with Crippen molar-refractivity contribution in [3.8, 4) is 0 Å². The van der Waals surface area contributed by atoms with Gasteiger partial charge in [0.15, 0.2) is 0 Å². The van der Waals surface area contributed by atoms with E-state index in [4.69, 9.17) is 0 Å². The first kappa shape index (κ1) is 16.3. The van der Waals surface area contributed by atoms with Gasteiger partial charge in [-0.25, -0.2) is 0 Å². The third-order valence-corrected chi connectivity index (χ3v) is 5.72. The van der Waals surface area contributed by atoms with Gasteiger partial charge in [0, 0.05) is 24.1 Å². The average molecular weight is 334 g/mol. The SMILES string of the molecule is O=C(c1ccccc1)N1CCCC[C@H]2NCC[C@H](c3ccccc3)[C@H]21. The van der Waals surface area contributed by atoms with Crippen LogP contribution in [0.15, 0.2) is 60.7 Å². The summed E-state index contributed by atoms with van der Waals surface area (Å²) < 4.78 is 0. The Morgan fingerprint density at radius 1 is 0.920 bits per heavy atom. The van der Waals surface area contributed by atoms with Crippen LogP contribution in [0.25, 0.3) is 0 Å². The fourth-order valence-corrected chi connectivity index (χ4v) is 4.55. The molecule has 0 bridgehead atoms. The van der Waals surface area contributed by atoms with Crippen molar-refractivity contribution in [2.24, 2.45) is 0 Å². The molecular formula is C22H26N2O. The molecule has 2 aliphatic rings. The summed E-state index contributed by atoms with van der Waals surface area (Å²) in [5.41, 5.74) is 2.17. The van der Waals surface area contributed by atoms with Crippen LogP contribution >= 0.6 is 0 Å². The predicted octanol–water partition coefficient (Wildman–Crippen LogP) is 3.83. The Balaban J connectivity index is 1.70. The van der Waals surface area contributed by atoms with E-state index >= 15 is 0 Å². The number of carbonyl (C=O) groups is 1. The number of hydrogen-bond acceptors (Lipinski definition) is 2. The molecule has 2 fully saturated rings. The Labute approximate surface area is 150 Å². The van der Waals surface area contributed by atoms with Crippen LogP contribution in [0.1, 0.15) is 47.5 Å². The maximum Gasteiger partial charge on any atom is 0.254 e. The zero-order chi connectivity index (χ0) is 17.1. The van der Waals surface area contributed by atoms with Crippen LogP contribution < -0.4 is 5.32 Å². The van der Waals surface area contributed by atoms with Gasteiger partial charge < -0.3 is 10.2 Å². The number of rotatable bonds is 2. The van der Waals surface area contributed by atoms with Crippen molar-refractivity contribution in [1.82, 2.24) is 10.2 Å². The summed E-state index contributed by atoms with van der Waals surface area (Å²) >= 11 is 0. The van der Waals surface area contributed by atoms with E-state index in [1.165, 1.54) is 12.0 Å². The lowest BCUT2D eigenvalue weighted by atomic mass is 9.80. The van der Waals surface area contributed by atoms with Crippen molar-refractivity contribution in [3.05, 3.63) is 71.8 Å². The predicted molar refractivity (Wildman–Crippen MR) is 101 cm³/mol. The third kappa shape index (κ3) is 3.34. The largest absolute Gasteiger partial charge is 0.333 e. The van der Waals surface area contributed by atoms with E-state index in [9.17, 15) is 4.79 Å². The molecule has 1 N–H and O–H groups in total. The van der Waals surface area contributed by atoms with E-state index in [1.54, 1.807) is 0 Å². The lowest BCUT2D eigenvalue weighted by Crippen LogP contribution is -2.57. The summed E-state index contributed by atoms with van der Waals surface area (Å²) in [6.45, 7) is 1.90. The number of nitrogens with zero attached hydrogens (tertiary/aromatic N) is 1. The zero-order valence-electron chi connectivity index (χ0n) is 14.6. The van der Waals surface area contributed by atoms with E-state index < -0.39 is 0 Å². The van der Waals surface area contributed by atoms with Crippen LogP contribution in [0.4, 0.5) is 0 Å². The van der Waals surface area contributed by atoms with Gasteiger partial charge in [-0.05, 0) is 43.5 Å². The molecule has 130 valence electrons. The summed E-state index contributed by atoms with van der Waals surface area (Å²) in [4.78, 5) is 15.4. The smallest absolute Gasteiger partial charge is 0.254 e. The second-order valence-electron chi connectivity index (χ2n) is 7.22. The molecule has 2 saturated heterocycles. The summed E-state index contributed by atoms with van der Waals surface area (Å²) in [6, 6.07) is 21.2. The second-order valence-corrected chi connectivity index (χ2v) is 7.22. The molecule has 3 nitrogen and oxygen atoms in total. The highest BCUT2D eigenvalue weighted by Gasteiger charge is 2.41. The molecule has 0 radical (unpaired) electrons. The molecule has 3 heteroatoms. The topological polar surface area (TPSA) is 32.3 Å². The molecular weight excluding hydrogens is 308 g/mol. The third-order valence-electron chi connectivity index (χ3n) is 5.72. The summed E-state index contributed by atoms with van der Waals surface area (Å²) in [6.07, 6.45) is 4.53. The highest BCUT2D eigenvalue weighted by Crippen LogP contribution is 2.35. The quantitative estimate of drug-likeness (QED) is 0.905. The van der Waals surface area contributed by atoms with Crippen LogP contribution in [-0.2, 0) is 0 Å². The molecule has 2 aromatic rings. The van der Waals surface area contributed by atoms with E-state index in [1.807, 2.05) is 30.3 Å². The molecule has 3 atom stereocenters. The van der Waals surface area contributed by atoms with Crippen molar-refractivity contribution in [1.29, 1.82) is 0 Å². The molecule has 2 heterocycles.